The van der Waals surface area contributed by atoms with Crippen LogP contribution in [0.2, 0.25) is 0 Å². The Kier molecular flexibility index (Phi) is 5.14. The second kappa shape index (κ2) is 7.75. The van der Waals surface area contributed by atoms with E-state index < -0.39 is 0 Å². The highest BCUT2D eigenvalue weighted by atomic mass is 16.2. The van der Waals surface area contributed by atoms with Gasteiger partial charge >= 0.3 is 0 Å². The van der Waals surface area contributed by atoms with E-state index in [1.165, 1.54) is 12.4 Å². The van der Waals surface area contributed by atoms with Gasteiger partial charge in [-0.2, -0.15) is 0 Å². The summed E-state index contributed by atoms with van der Waals surface area (Å²) >= 11 is 0. The summed E-state index contributed by atoms with van der Waals surface area (Å²) in [7, 11) is 3.60. The maximum absolute atomic E-state index is 12.9. The number of piperidine rings is 1. The summed E-state index contributed by atoms with van der Waals surface area (Å²) in [6.45, 7) is 1.87. The van der Waals surface area contributed by atoms with Gasteiger partial charge in [0.1, 0.15) is 11.4 Å². The van der Waals surface area contributed by atoms with E-state index in [1.807, 2.05) is 11.0 Å². The molecule has 2 bridgehead atoms. The Bertz CT molecular complexity index is 987. The fourth-order valence-electron chi connectivity index (χ4n) is 4.26. The SMILES string of the molecule is CN(C)CC(=O)Nc1ccc2n(c1=O)C[C@H]1C[C@@H]2CN(C(=O)c2cnccn2)C1. The number of aromatic nitrogens is 3. The zero-order chi connectivity index (χ0) is 20.5. The molecule has 4 rings (SSSR count). The zero-order valence-electron chi connectivity index (χ0n) is 16.5. The molecule has 9 nitrogen and oxygen atoms in total. The third kappa shape index (κ3) is 3.91. The number of likely N-dealkylation sites (tertiary alicyclic amines) is 1. The molecule has 0 saturated carbocycles. The van der Waals surface area contributed by atoms with Crippen LogP contribution >= 0.6 is 0 Å². The molecule has 1 N–H and O–H groups in total. The molecule has 4 heterocycles. The first kappa shape index (κ1) is 19.3. The van der Waals surface area contributed by atoms with Gasteiger partial charge in [0.2, 0.25) is 5.91 Å². The van der Waals surface area contributed by atoms with Gasteiger partial charge in [0.25, 0.3) is 11.5 Å². The molecule has 1 saturated heterocycles. The zero-order valence-corrected chi connectivity index (χ0v) is 16.5. The van der Waals surface area contributed by atoms with E-state index >= 15 is 0 Å². The fraction of sp³-hybridized carbons (Fsp3) is 0.450. The van der Waals surface area contributed by atoms with Crippen LogP contribution in [0.15, 0.2) is 35.5 Å². The van der Waals surface area contributed by atoms with E-state index in [0.29, 0.717) is 31.0 Å². The van der Waals surface area contributed by atoms with E-state index in [4.69, 9.17) is 0 Å². The molecule has 1 fully saturated rings. The number of hydrogen-bond donors (Lipinski definition) is 1. The molecule has 2 atom stereocenters. The van der Waals surface area contributed by atoms with Gasteiger partial charge < -0.3 is 19.7 Å². The minimum atomic E-state index is -0.218. The number of amides is 2. The second-order valence-electron chi connectivity index (χ2n) is 7.97. The summed E-state index contributed by atoms with van der Waals surface area (Å²) in [5.74, 6) is -0.0739. The molecule has 0 spiro atoms. The molecular weight excluding hydrogens is 372 g/mol. The molecule has 0 radical (unpaired) electrons. The van der Waals surface area contributed by atoms with Gasteiger partial charge in [-0.15, -0.1) is 0 Å². The van der Waals surface area contributed by atoms with Crippen molar-refractivity contribution >= 4 is 17.5 Å². The van der Waals surface area contributed by atoms with Crippen LogP contribution < -0.4 is 10.9 Å². The number of hydrogen-bond acceptors (Lipinski definition) is 6. The van der Waals surface area contributed by atoms with E-state index in [0.717, 1.165) is 12.1 Å². The number of nitrogens with one attached hydrogen (secondary N) is 1. The van der Waals surface area contributed by atoms with Gasteiger partial charge in [0, 0.05) is 43.6 Å². The Hall–Kier alpha value is -3.07. The van der Waals surface area contributed by atoms with Crippen LogP contribution in [-0.4, -0.2) is 69.9 Å². The number of nitrogens with zero attached hydrogens (tertiary/aromatic N) is 5. The van der Waals surface area contributed by atoms with Crippen LogP contribution in [-0.2, 0) is 11.3 Å². The molecule has 0 aliphatic carbocycles. The van der Waals surface area contributed by atoms with Crippen molar-refractivity contribution in [1.82, 2.24) is 24.3 Å². The third-order valence-electron chi connectivity index (χ3n) is 5.41. The van der Waals surface area contributed by atoms with Crippen LogP contribution in [0.25, 0.3) is 0 Å². The Balaban J connectivity index is 1.55. The summed E-state index contributed by atoms with van der Waals surface area (Å²) in [5.41, 5.74) is 1.36. The predicted octanol–water partition coefficient (Wildman–Crippen LogP) is 0.398. The molecular formula is C20H24N6O3. The smallest absolute Gasteiger partial charge is 0.274 e. The minimum Gasteiger partial charge on any atom is -0.336 e. The van der Waals surface area contributed by atoms with Crippen molar-refractivity contribution < 1.29 is 9.59 Å². The highest BCUT2D eigenvalue weighted by molar-refractivity contribution is 5.92. The van der Waals surface area contributed by atoms with Crippen LogP contribution in [0.4, 0.5) is 5.69 Å². The molecule has 0 aromatic carbocycles. The Morgan fingerprint density at radius 2 is 2.03 bits per heavy atom. The number of pyridine rings is 1. The first-order valence-electron chi connectivity index (χ1n) is 9.66. The van der Waals surface area contributed by atoms with Crippen LogP contribution in [0.3, 0.4) is 0 Å². The predicted molar refractivity (Wildman–Crippen MR) is 107 cm³/mol. The maximum atomic E-state index is 12.9. The summed E-state index contributed by atoms with van der Waals surface area (Å²) < 4.78 is 1.76. The molecule has 0 unspecified atom stereocenters. The van der Waals surface area contributed by atoms with Crippen molar-refractivity contribution in [3.63, 3.8) is 0 Å². The average molecular weight is 396 g/mol. The summed E-state index contributed by atoms with van der Waals surface area (Å²) in [6, 6.07) is 3.56. The molecule has 2 aliphatic rings. The quantitative estimate of drug-likeness (QED) is 0.803. The van der Waals surface area contributed by atoms with Crippen molar-refractivity contribution in [2.45, 2.75) is 18.9 Å². The second-order valence-corrected chi connectivity index (χ2v) is 7.97. The summed E-state index contributed by atoms with van der Waals surface area (Å²) in [6.07, 6.45) is 5.47. The average Bonchev–Trinajstić information content (AvgIpc) is 2.70. The molecule has 2 aliphatic heterocycles. The Morgan fingerprint density at radius 3 is 2.76 bits per heavy atom. The number of rotatable bonds is 4. The largest absolute Gasteiger partial charge is 0.336 e. The fourth-order valence-corrected chi connectivity index (χ4v) is 4.26. The van der Waals surface area contributed by atoms with E-state index in [2.05, 4.69) is 15.3 Å². The molecule has 2 aromatic rings. The molecule has 152 valence electrons. The molecule has 29 heavy (non-hydrogen) atoms. The first-order valence-corrected chi connectivity index (χ1v) is 9.66. The Labute approximate surface area is 168 Å². The molecule has 2 aromatic heterocycles. The normalized spacial score (nSPS) is 20.3. The van der Waals surface area contributed by atoms with Crippen molar-refractivity contribution in [1.29, 1.82) is 0 Å². The number of carbonyl (C=O) groups is 2. The van der Waals surface area contributed by atoms with Gasteiger partial charge in [0.05, 0.1) is 12.7 Å². The standard InChI is InChI=1S/C20H24N6O3/c1-24(2)12-18(27)23-15-3-4-17-14-7-13(10-26(17)20(15)29)9-25(11-14)19(28)16-8-21-5-6-22-16/h3-6,8,13-14H,7,9-12H2,1-2H3,(H,23,27)/t13-,14+/m0/s1. The number of anilines is 1. The van der Waals surface area contributed by atoms with Gasteiger partial charge in [0.15, 0.2) is 0 Å². The van der Waals surface area contributed by atoms with Gasteiger partial charge in [-0.3, -0.25) is 19.4 Å². The van der Waals surface area contributed by atoms with Crippen LogP contribution in [0.5, 0.6) is 0 Å². The van der Waals surface area contributed by atoms with Crippen molar-refractivity contribution in [2.24, 2.45) is 5.92 Å². The lowest BCUT2D eigenvalue weighted by atomic mass is 9.83. The van der Waals surface area contributed by atoms with Gasteiger partial charge in [-0.1, -0.05) is 0 Å². The monoisotopic (exact) mass is 396 g/mol. The van der Waals surface area contributed by atoms with Gasteiger partial charge in [-0.25, -0.2) is 4.98 Å². The molecule has 2 amide bonds. The Morgan fingerprint density at radius 1 is 1.21 bits per heavy atom. The van der Waals surface area contributed by atoms with E-state index in [-0.39, 0.29) is 35.8 Å². The minimum absolute atomic E-state index is 0.0855. The lowest BCUT2D eigenvalue weighted by Gasteiger charge is -2.42. The lowest BCUT2D eigenvalue weighted by molar-refractivity contribution is -0.116. The maximum Gasteiger partial charge on any atom is 0.274 e. The topological polar surface area (TPSA) is 100 Å². The van der Waals surface area contributed by atoms with Crippen molar-refractivity contribution in [3.05, 3.63) is 52.5 Å². The van der Waals surface area contributed by atoms with Gasteiger partial charge in [-0.05, 0) is 38.6 Å². The van der Waals surface area contributed by atoms with E-state index in [9.17, 15) is 14.4 Å². The third-order valence-corrected chi connectivity index (χ3v) is 5.41. The van der Waals surface area contributed by atoms with Crippen molar-refractivity contribution in [2.75, 3.05) is 39.0 Å². The number of carbonyl (C=O) groups excluding carboxylic acids is 2. The molecule has 9 heteroatoms. The van der Waals surface area contributed by atoms with E-state index in [1.54, 1.807) is 35.8 Å². The van der Waals surface area contributed by atoms with Crippen LogP contribution in [0, 0.1) is 5.92 Å². The number of fused-ring (bicyclic) bond motifs is 4. The summed E-state index contributed by atoms with van der Waals surface area (Å²) in [5, 5.41) is 2.71. The summed E-state index contributed by atoms with van der Waals surface area (Å²) in [4.78, 5) is 49.4. The first-order chi connectivity index (χ1) is 13.9. The lowest BCUT2D eigenvalue weighted by Crippen LogP contribution is -2.49. The highest BCUT2D eigenvalue weighted by Gasteiger charge is 2.37. The highest BCUT2D eigenvalue weighted by Crippen LogP contribution is 2.35. The number of likely N-dealkylation sites (N-methyl/N-ethyl adjacent to an activating group) is 1. The van der Waals surface area contributed by atoms with Crippen molar-refractivity contribution in [3.8, 4) is 0 Å². The van der Waals surface area contributed by atoms with Crippen LogP contribution in [0.1, 0.15) is 28.5 Å².